The third-order valence-corrected chi connectivity index (χ3v) is 4.58. The minimum Gasteiger partial charge on any atom is -0.481 e. The molecule has 1 N–H and O–H groups in total. The molecule has 0 spiro atoms. The van der Waals surface area contributed by atoms with Crippen LogP contribution in [0.4, 0.5) is 0 Å². The first kappa shape index (κ1) is 16.6. The molecule has 0 atom stereocenters. The summed E-state index contributed by atoms with van der Waals surface area (Å²) >= 11 is 1.91. The van der Waals surface area contributed by atoms with Crippen molar-refractivity contribution in [3.8, 4) is 0 Å². The lowest BCUT2D eigenvalue weighted by atomic mass is 10.1. The molecule has 0 amide bonds. The number of hydrogen-bond acceptors (Lipinski definition) is 2. The fourth-order valence-electron chi connectivity index (χ4n) is 2.32. The highest BCUT2D eigenvalue weighted by Crippen LogP contribution is 2.20. The van der Waals surface area contributed by atoms with Crippen LogP contribution in [0.15, 0.2) is 53.4 Å². The van der Waals surface area contributed by atoms with Crippen molar-refractivity contribution in [3.05, 3.63) is 65.2 Å². The first-order valence-corrected chi connectivity index (χ1v) is 8.61. The average Bonchev–Trinajstić information content (AvgIpc) is 2.48. The number of unbranched alkanes of at least 4 members (excludes halogenated alkanes) is 1. The Morgan fingerprint density at radius 1 is 1.05 bits per heavy atom. The van der Waals surface area contributed by atoms with Gasteiger partial charge in [0.1, 0.15) is 0 Å². The number of aryl methyl sites for hydroxylation is 2. The zero-order chi connectivity index (χ0) is 15.8. The molecule has 2 aromatic rings. The molecule has 0 radical (unpaired) electrons. The highest BCUT2D eigenvalue weighted by Gasteiger charge is 2.01. The Balaban J connectivity index is 1.67. The Bertz CT molecular complexity index is 605. The van der Waals surface area contributed by atoms with E-state index in [0.29, 0.717) is 0 Å². The van der Waals surface area contributed by atoms with E-state index in [0.717, 1.165) is 24.2 Å². The van der Waals surface area contributed by atoms with Gasteiger partial charge in [-0.25, -0.2) is 0 Å². The Hall–Kier alpha value is -1.74. The van der Waals surface area contributed by atoms with Crippen molar-refractivity contribution in [3.63, 3.8) is 0 Å². The van der Waals surface area contributed by atoms with E-state index in [1.165, 1.54) is 22.4 Å². The van der Waals surface area contributed by atoms with Crippen LogP contribution in [0.1, 0.15) is 29.5 Å². The van der Waals surface area contributed by atoms with Crippen molar-refractivity contribution >= 4 is 17.7 Å². The van der Waals surface area contributed by atoms with Crippen LogP contribution >= 0.6 is 11.8 Å². The second kappa shape index (κ2) is 8.64. The van der Waals surface area contributed by atoms with Gasteiger partial charge >= 0.3 is 5.97 Å². The molecule has 0 saturated carbocycles. The molecule has 2 aromatic carbocycles. The molecule has 0 aliphatic rings. The zero-order valence-electron chi connectivity index (χ0n) is 12.9. The molecule has 3 heteroatoms. The number of thioether (sulfide) groups is 1. The highest BCUT2D eigenvalue weighted by atomic mass is 32.2. The van der Waals surface area contributed by atoms with Crippen LogP contribution in [-0.4, -0.2) is 16.8 Å². The molecule has 0 fully saturated rings. The summed E-state index contributed by atoms with van der Waals surface area (Å²) in [6, 6.07) is 16.6. The van der Waals surface area contributed by atoms with E-state index < -0.39 is 5.97 Å². The van der Waals surface area contributed by atoms with Gasteiger partial charge in [0.2, 0.25) is 0 Å². The van der Waals surface area contributed by atoms with Crippen LogP contribution in [0.5, 0.6) is 0 Å². The molecule has 0 heterocycles. The summed E-state index contributed by atoms with van der Waals surface area (Å²) in [5.41, 5.74) is 3.47. The number of carboxylic acid groups (broad SMARTS) is 1. The second-order valence-corrected chi connectivity index (χ2v) is 6.68. The smallest absolute Gasteiger partial charge is 0.307 e. The fraction of sp³-hybridized carbons (Fsp3) is 0.316. The molecule has 116 valence electrons. The number of benzene rings is 2. The lowest BCUT2D eigenvalue weighted by molar-refractivity contribution is -0.136. The van der Waals surface area contributed by atoms with Gasteiger partial charge in [-0.1, -0.05) is 42.0 Å². The normalized spacial score (nSPS) is 10.6. The van der Waals surface area contributed by atoms with Crippen molar-refractivity contribution in [2.45, 2.75) is 37.5 Å². The molecule has 0 aromatic heterocycles. The first-order chi connectivity index (χ1) is 10.6. The molecular formula is C19H22O2S. The molecule has 22 heavy (non-hydrogen) atoms. The minimum absolute atomic E-state index is 0.105. The molecular weight excluding hydrogens is 292 g/mol. The molecule has 0 saturated heterocycles. The zero-order valence-corrected chi connectivity index (χ0v) is 13.7. The van der Waals surface area contributed by atoms with Crippen molar-refractivity contribution < 1.29 is 9.90 Å². The van der Waals surface area contributed by atoms with Gasteiger partial charge in [0.15, 0.2) is 0 Å². The third-order valence-electron chi connectivity index (χ3n) is 3.50. The monoisotopic (exact) mass is 314 g/mol. The summed E-state index contributed by atoms with van der Waals surface area (Å²) in [6.45, 7) is 2.12. The highest BCUT2D eigenvalue weighted by molar-refractivity contribution is 7.99. The molecule has 2 rings (SSSR count). The van der Waals surface area contributed by atoms with Gasteiger partial charge in [-0.15, -0.1) is 11.8 Å². The van der Waals surface area contributed by atoms with Gasteiger partial charge in [-0.05, 0) is 55.2 Å². The van der Waals surface area contributed by atoms with Crippen LogP contribution in [0.3, 0.4) is 0 Å². The average molecular weight is 314 g/mol. The SMILES string of the molecule is Cc1cccc(SCCCCc2ccc(CC(=O)O)cc2)c1. The molecule has 2 nitrogen and oxygen atoms in total. The van der Waals surface area contributed by atoms with Gasteiger partial charge in [0.05, 0.1) is 6.42 Å². The summed E-state index contributed by atoms with van der Waals surface area (Å²) in [4.78, 5) is 12.0. The fourth-order valence-corrected chi connectivity index (χ4v) is 3.35. The van der Waals surface area contributed by atoms with Gasteiger partial charge in [-0.2, -0.15) is 0 Å². The predicted octanol–water partition coefficient (Wildman–Crippen LogP) is 4.74. The Morgan fingerprint density at radius 3 is 2.45 bits per heavy atom. The van der Waals surface area contributed by atoms with E-state index in [4.69, 9.17) is 5.11 Å². The topological polar surface area (TPSA) is 37.3 Å². The Morgan fingerprint density at radius 2 is 1.77 bits per heavy atom. The maximum Gasteiger partial charge on any atom is 0.307 e. The Kier molecular flexibility index (Phi) is 6.53. The van der Waals surface area contributed by atoms with E-state index in [1.54, 1.807) is 0 Å². The Labute approximate surface area is 136 Å². The van der Waals surface area contributed by atoms with Crippen LogP contribution in [-0.2, 0) is 17.6 Å². The van der Waals surface area contributed by atoms with E-state index in [2.05, 4.69) is 31.2 Å². The van der Waals surface area contributed by atoms with Gasteiger partial charge < -0.3 is 5.11 Å². The first-order valence-electron chi connectivity index (χ1n) is 7.62. The van der Waals surface area contributed by atoms with Crippen molar-refractivity contribution in [2.24, 2.45) is 0 Å². The van der Waals surface area contributed by atoms with Crippen LogP contribution in [0.2, 0.25) is 0 Å². The summed E-state index contributed by atoms with van der Waals surface area (Å²) in [6.07, 6.45) is 3.52. The van der Waals surface area contributed by atoms with Crippen LogP contribution in [0.25, 0.3) is 0 Å². The number of hydrogen-bond donors (Lipinski definition) is 1. The lowest BCUT2D eigenvalue weighted by Gasteiger charge is -2.04. The predicted molar refractivity (Wildman–Crippen MR) is 92.6 cm³/mol. The van der Waals surface area contributed by atoms with Crippen LogP contribution in [0, 0.1) is 6.92 Å². The quantitative estimate of drug-likeness (QED) is 0.565. The van der Waals surface area contributed by atoms with Crippen LogP contribution < -0.4 is 0 Å². The lowest BCUT2D eigenvalue weighted by Crippen LogP contribution is -1.99. The van der Waals surface area contributed by atoms with Crippen molar-refractivity contribution in [2.75, 3.05) is 5.75 Å². The summed E-state index contributed by atoms with van der Waals surface area (Å²) in [5, 5.41) is 8.75. The number of aliphatic carboxylic acids is 1. The third kappa shape index (κ3) is 5.94. The molecule has 0 aliphatic heterocycles. The number of rotatable bonds is 8. The van der Waals surface area contributed by atoms with E-state index in [-0.39, 0.29) is 6.42 Å². The van der Waals surface area contributed by atoms with E-state index in [9.17, 15) is 4.79 Å². The van der Waals surface area contributed by atoms with E-state index >= 15 is 0 Å². The standard InChI is InChI=1S/C19H22O2S/c1-15-5-4-7-18(13-15)22-12-3-2-6-16-8-10-17(11-9-16)14-19(20)21/h4-5,7-11,13H,2-3,6,12,14H2,1H3,(H,20,21). The summed E-state index contributed by atoms with van der Waals surface area (Å²) in [5.74, 6) is 0.363. The number of carbonyl (C=O) groups is 1. The van der Waals surface area contributed by atoms with Crippen molar-refractivity contribution in [1.82, 2.24) is 0 Å². The van der Waals surface area contributed by atoms with E-state index in [1.807, 2.05) is 36.0 Å². The number of carboxylic acids is 1. The molecule has 0 aliphatic carbocycles. The maximum atomic E-state index is 10.6. The minimum atomic E-state index is -0.777. The van der Waals surface area contributed by atoms with Gasteiger partial charge in [0, 0.05) is 4.90 Å². The van der Waals surface area contributed by atoms with Gasteiger partial charge in [-0.3, -0.25) is 4.79 Å². The summed E-state index contributed by atoms with van der Waals surface area (Å²) in [7, 11) is 0. The largest absolute Gasteiger partial charge is 0.481 e. The van der Waals surface area contributed by atoms with Crippen molar-refractivity contribution in [1.29, 1.82) is 0 Å². The summed E-state index contributed by atoms with van der Waals surface area (Å²) < 4.78 is 0. The molecule has 0 bridgehead atoms. The van der Waals surface area contributed by atoms with Gasteiger partial charge in [0.25, 0.3) is 0 Å². The maximum absolute atomic E-state index is 10.6. The second-order valence-electron chi connectivity index (χ2n) is 5.51. The molecule has 0 unspecified atom stereocenters.